The Bertz CT molecular complexity index is 688. The van der Waals surface area contributed by atoms with Gasteiger partial charge < -0.3 is 16.0 Å². The number of amides is 2. The number of halogens is 1. The Balaban J connectivity index is 0.00000264. The third kappa shape index (κ3) is 4.75. The molecule has 0 atom stereocenters. The molecule has 0 saturated heterocycles. The zero-order chi connectivity index (χ0) is 16.1. The number of carbonyl (C=O) groups excluding carboxylic acids is 2. The van der Waals surface area contributed by atoms with E-state index in [0.29, 0.717) is 29.9 Å². The van der Waals surface area contributed by atoms with Crippen LogP contribution in [0.3, 0.4) is 0 Å². The van der Waals surface area contributed by atoms with E-state index in [-0.39, 0.29) is 24.2 Å². The van der Waals surface area contributed by atoms with Crippen LogP contribution in [0.5, 0.6) is 0 Å². The molecule has 8 heteroatoms. The standard InChI is InChI=1S/C15H18N4O2S.ClH/c1-19(2)15(21)10-5-3-4-6-11(10)18-14(20)12-9-22-13(17-12)7-8-16;/h3-6,9H,7-8,16H2,1-2H3,(H,18,20);1H. The van der Waals surface area contributed by atoms with Crippen LogP contribution in [0.25, 0.3) is 0 Å². The number of rotatable bonds is 5. The topological polar surface area (TPSA) is 88.3 Å². The number of benzene rings is 1. The maximum atomic E-state index is 12.3. The van der Waals surface area contributed by atoms with E-state index in [9.17, 15) is 9.59 Å². The van der Waals surface area contributed by atoms with Crippen LogP contribution in [-0.4, -0.2) is 42.3 Å². The van der Waals surface area contributed by atoms with Gasteiger partial charge in [-0.1, -0.05) is 12.1 Å². The average Bonchev–Trinajstić information content (AvgIpc) is 2.96. The van der Waals surface area contributed by atoms with E-state index in [4.69, 9.17) is 5.73 Å². The Morgan fingerprint density at radius 1 is 1.30 bits per heavy atom. The van der Waals surface area contributed by atoms with Crippen LogP contribution in [-0.2, 0) is 6.42 Å². The van der Waals surface area contributed by atoms with Gasteiger partial charge in [0.25, 0.3) is 11.8 Å². The van der Waals surface area contributed by atoms with E-state index in [1.807, 2.05) is 0 Å². The quantitative estimate of drug-likeness (QED) is 0.859. The van der Waals surface area contributed by atoms with E-state index in [1.54, 1.807) is 43.7 Å². The van der Waals surface area contributed by atoms with E-state index in [0.717, 1.165) is 5.01 Å². The molecule has 0 radical (unpaired) electrons. The summed E-state index contributed by atoms with van der Waals surface area (Å²) < 4.78 is 0. The molecule has 0 fully saturated rings. The van der Waals surface area contributed by atoms with Gasteiger partial charge in [-0.25, -0.2) is 4.98 Å². The van der Waals surface area contributed by atoms with Crippen LogP contribution in [0.4, 0.5) is 5.69 Å². The minimum Gasteiger partial charge on any atom is -0.345 e. The largest absolute Gasteiger partial charge is 0.345 e. The van der Waals surface area contributed by atoms with Crippen molar-refractivity contribution in [3.63, 3.8) is 0 Å². The molecular weight excluding hydrogens is 336 g/mol. The number of thiazole rings is 1. The lowest BCUT2D eigenvalue weighted by molar-refractivity contribution is 0.0828. The van der Waals surface area contributed by atoms with Crippen LogP contribution in [0, 0.1) is 0 Å². The Hall–Kier alpha value is -1.96. The number of nitrogens with zero attached hydrogens (tertiary/aromatic N) is 2. The van der Waals surface area contributed by atoms with Crippen molar-refractivity contribution in [2.45, 2.75) is 6.42 Å². The van der Waals surface area contributed by atoms with Crippen LogP contribution in [0.2, 0.25) is 0 Å². The predicted octanol–water partition coefficient (Wildman–Crippen LogP) is 2.02. The number of nitrogens with two attached hydrogens (primary N) is 1. The lowest BCUT2D eigenvalue weighted by Crippen LogP contribution is -2.24. The second kappa shape index (κ2) is 8.61. The maximum absolute atomic E-state index is 12.3. The first kappa shape index (κ1) is 19.1. The van der Waals surface area contributed by atoms with Crippen molar-refractivity contribution < 1.29 is 9.59 Å². The van der Waals surface area contributed by atoms with Crippen molar-refractivity contribution >= 4 is 41.2 Å². The van der Waals surface area contributed by atoms with Gasteiger partial charge in [0.05, 0.1) is 16.3 Å². The molecule has 124 valence electrons. The van der Waals surface area contributed by atoms with Crippen molar-refractivity contribution in [3.8, 4) is 0 Å². The third-order valence-electron chi connectivity index (χ3n) is 2.95. The Morgan fingerprint density at radius 2 is 2.00 bits per heavy atom. The number of para-hydroxylation sites is 1. The average molecular weight is 355 g/mol. The molecule has 3 N–H and O–H groups in total. The highest BCUT2D eigenvalue weighted by atomic mass is 35.5. The van der Waals surface area contributed by atoms with Crippen LogP contribution in [0.1, 0.15) is 25.9 Å². The molecule has 0 aliphatic carbocycles. The monoisotopic (exact) mass is 354 g/mol. The summed E-state index contributed by atoms with van der Waals surface area (Å²) in [6.45, 7) is 0.495. The first-order valence-electron chi connectivity index (χ1n) is 6.79. The molecule has 1 aromatic heterocycles. The predicted molar refractivity (Wildman–Crippen MR) is 94.5 cm³/mol. The van der Waals surface area contributed by atoms with Crippen molar-refractivity contribution in [1.82, 2.24) is 9.88 Å². The van der Waals surface area contributed by atoms with Gasteiger partial charge in [0, 0.05) is 25.9 Å². The molecule has 1 heterocycles. The molecule has 2 amide bonds. The Morgan fingerprint density at radius 3 is 2.65 bits per heavy atom. The van der Waals surface area contributed by atoms with E-state index >= 15 is 0 Å². The van der Waals surface area contributed by atoms with Gasteiger partial charge in [-0.2, -0.15) is 0 Å². The number of carbonyl (C=O) groups is 2. The fraction of sp³-hybridized carbons (Fsp3) is 0.267. The minimum absolute atomic E-state index is 0. The summed E-state index contributed by atoms with van der Waals surface area (Å²) in [5.41, 5.74) is 6.72. The Kier molecular flexibility index (Phi) is 7.15. The number of aromatic nitrogens is 1. The van der Waals surface area contributed by atoms with Gasteiger partial charge in [-0.3, -0.25) is 9.59 Å². The highest BCUT2D eigenvalue weighted by molar-refractivity contribution is 7.09. The lowest BCUT2D eigenvalue weighted by Gasteiger charge is -2.14. The lowest BCUT2D eigenvalue weighted by atomic mass is 10.1. The van der Waals surface area contributed by atoms with Crippen molar-refractivity contribution in [1.29, 1.82) is 0 Å². The summed E-state index contributed by atoms with van der Waals surface area (Å²) in [6.07, 6.45) is 0.646. The maximum Gasteiger partial charge on any atom is 0.275 e. The molecule has 0 unspecified atom stereocenters. The van der Waals surface area contributed by atoms with Crippen LogP contribution >= 0.6 is 23.7 Å². The highest BCUT2D eigenvalue weighted by Crippen LogP contribution is 2.18. The van der Waals surface area contributed by atoms with Gasteiger partial charge in [0.1, 0.15) is 5.69 Å². The molecule has 0 saturated carbocycles. The molecule has 1 aromatic carbocycles. The van der Waals surface area contributed by atoms with Gasteiger partial charge >= 0.3 is 0 Å². The highest BCUT2D eigenvalue weighted by Gasteiger charge is 2.16. The van der Waals surface area contributed by atoms with Crippen molar-refractivity contribution in [3.05, 3.63) is 45.9 Å². The van der Waals surface area contributed by atoms with E-state index < -0.39 is 0 Å². The van der Waals surface area contributed by atoms with E-state index in [2.05, 4.69) is 10.3 Å². The summed E-state index contributed by atoms with van der Waals surface area (Å²) in [5.74, 6) is -0.503. The molecule has 6 nitrogen and oxygen atoms in total. The number of anilines is 1. The second-order valence-corrected chi connectivity index (χ2v) is 5.81. The van der Waals surface area contributed by atoms with Crippen molar-refractivity contribution in [2.75, 3.05) is 26.0 Å². The summed E-state index contributed by atoms with van der Waals surface area (Å²) in [5, 5.41) is 5.26. The van der Waals surface area contributed by atoms with Crippen LogP contribution < -0.4 is 11.1 Å². The Labute approximate surface area is 145 Å². The first-order valence-corrected chi connectivity index (χ1v) is 7.67. The molecule has 0 spiro atoms. The molecule has 2 aromatic rings. The summed E-state index contributed by atoms with van der Waals surface area (Å²) in [4.78, 5) is 30.1. The fourth-order valence-electron chi connectivity index (χ4n) is 1.86. The zero-order valence-corrected chi connectivity index (χ0v) is 14.5. The number of hydrogen-bond acceptors (Lipinski definition) is 5. The second-order valence-electron chi connectivity index (χ2n) is 4.86. The molecule has 0 bridgehead atoms. The summed E-state index contributed by atoms with van der Waals surface area (Å²) in [7, 11) is 3.33. The first-order chi connectivity index (χ1) is 10.5. The minimum atomic E-state index is -0.335. The number of nitrogens with one attached hydrogen (secondary N) is 1. The van der Waals surface area contributed by atoms with Gasteiger partial charge in [-0.15, -0.1) is 23.7 Å². The third-order valence-corrected chi connectivity index (χ3v) is 3.86. The normalized spacial score (nSPS) is 9.87. The van der Waals surface area contributed by atoms with Gasteiger partial charge in [0.2, 0.25) is 0 Å². The zero-order valence-electron chi connectivity index (χ0n) is 12.9. The summed E-state index contributed by atoms with van der Waals surface area (Å²) >= 11 is 1.40. The fourth-order valence-corrected chi connectivity index (χ4v) is 2.65. The van der Waals surface area contributed by atoms with E-state index in [1.165, 1.54) is 16.2 Å². The summed E-state index contributed by atoms with van der Waals surface area (Å²) in [6, 6.07) is 6.90. The number of hydrogen-bond donors (Lipinski definition) is 2. The smallest absolute Gasteiger partial charge is 0.275 e. The molecule has 2 rings (SSSR count). The molecule has 0 aliphatic heterocycles. The molecule has 0 aliphatic rings. The van der Waals surface area contributed by atoms with Crippen molar-refractivity contribution in [2.24, 2.45) is 5.73 Å². The van der Waals surface area contributed by atoms with Crippen LogP contribution in [0.15, 0.2) is 29.6 Å². The molecule has 23 heavy (non-hydrogen) atoms. The van der Waals surface area contributed by atoms with Gasteiger partial charge in [0.15, 0.2) is 0 Å². The van der Waals surface area contributed by atoms with Gasteiger partial charge in [-0.05, 0) is 18.7 Å². The molecular formula is C15H19ClN4O2S. The SMILES string of the molecule is CN(C)C(=O)c1ccccc1NC(=O)c1csc(CCN)n1.Cl.